The van der Waals surface area contributed by atoms with Crippen LogP contribution in [0.5, 0.6) is 17.2 Å². The lowest BCUT2D eigenvalue weighted by molar-refractivity contribution is 0.0696. The molecule has 1 aliphatic rings. The fraction of sp³-hybridized carbons (Fsp3) is 0.219. The van der Waals surface area contributed by atoms with Crippen LogP contribution in [0, 0.1) is 12.7 Å². The molecule has 0 saturated heterocycles. The molecule has 4 aromatic rings. The Morgan fingerprint density at radius 2 is 1.82 bits per heavy atom. The zero-order valence-electron chi connectivity index (χ0n) is 22.6. The van der Waals surface area contributed by atoms with Gasteiger partial charge in [-0.1, -0.05) is 30.3 Å². The lowest BCUT2D eigenvalue weighted by Crippen LogP contribution is -2.32. The number of esters is 1. The minimum absolute atomic E-state index is 0.0882. The number of hydrogen-bond donors (Lipinski definition) is 1. The van der Waals surface area contributed by atoms with Gasteiger partial charge in [0.25, 0.3) is 0 Å². The number of rotatable bonds is 7. The molecule has 2 heterocycles. The van der Waals surface area contributed by atoms with Crippen LogP contribution in [-0.2, 0) is 6.61 Å². The number of carbonyl (C=O) groups is 1. The maximum absolute atomic E-state index is 14.0. The first-order valence-electron chi connectivity index (χ1n) is 12.6. The fourth-order valence-electron chi connectivity index (χ4n) is 5.04. The molecule has 0 unspecified atom stereocenters. The summed E-state index contributed by atoms with van der Waals surface area (Å²) in [4.78, 5) is 12.6. The van der Waals surface area contributed by atoms with Crippen molar-refractivity contribution in [3.63, 3.8) is 0 Å². The first-order chi connectivity index (χ1) is 18.7. The van der Waals surface area contributed by atoms with Gasteiger partial charge in [0.05, 0.1) is 18.9 Å². The largest absolute Gasteiger partial charge is 0.492 e. The number of ether oxygens (including phenoxy) is 3. The standard InChI is InChI=1S/C32H30FNO5/c1-19-11-12-21(33)16-28(19)38-18-24-22(13-14-25-29(24)20(2)17-32(3,4)34-25)23-8-6-9-26(30(23)36-5)39-31(35)27-10-7-15-37-27/h6-17,34H,18H2,1-5H3. The van der Waals surface area contributed by atoms with E-state index in [0.29, 0.717) is 11.5 Å². The molecule has 39 heavy (non-hydrogen) atoms. The van der Waals surface area contributed by atoms with Crippen LogP contribution in [0.3, 0.4) is 0 Å². The second-order valence-electron chi connectivity index (χ2n) is 10.1. The maximum Gasteiger partial charge on any atom is 0.379 e. The Hall–Kier alpha value is -4.52. The third kappa shape index (κ3) is 5.25. The molecule has 0 amide bonds. The Morgan fingerprint density at radius 1 is 1.00 bits per heavy atom. The number of halogens is 1. The zero-order valence-corrected chi connectivity index (χ0v) is 22.6. The highest BCUT2D eigenvalue weighted by Crippen LogP contribution is 2.45. The molecule has 0 fully saturated rings. The van der Waals surface area contributed by atoms with Gasteiger partial charge in [-0.05, 0) is 74.7 Å². The number of furan rings is 1. The fourth-order valence-corrected chi connectivity index (χ4v) is 5.04. The second kappa shape index (κ2) is 10.3. The van der Waals surface area contributed by atoms with Crippen molar-refractivity contribution in [3.05, 3.63) is 101 Å². The summed E-state index contributed by atoms with van der Waals surface area (Å²) in [6.07, 6.45) is 3.59. The number of hydrogen-bond acceptors (Lipinski definition) is 6. The molecule has 0 radical (unpaired) electrons. The van der Waals surface area contributed by atoms with Crippen molar-refractivity contribution in [2.45, 2.75) is 39.8 Å². The predicted molar refractivity (Wildman–Crippen MR) is 149 cm³/mol. The number of para-hydroxylation sites is 1. The van der Waals surface area contributed by atoms with Crippen LogP contribution in [0.2, 0.25) is 0 Å². The second-order valence-corrected chi connectivity index (χ2v) is 10.1. The van der Waals surface area contributed by atoms with Gasteiger partial charge in [-0.2, -0.15) is 0 Å². The average Bonchev–Trinajstić information content (AvgIpc) is 3.43. The van der Waals surface area contributed by atoms with Gasteiger partial charge in [0, 0.05) is 28.4 Å². The Kier molecular flexibility index (Phi) is 6.91. The Bertz CT molecular complexity index is 1570. The highest BCUT2D eigenvalue weighted by atomic mass is 19.1. The quantitative estimate of drug-likeness (QED) is 0.195. The summed E-state index contributed by atoms with van der Waals surface area (Å²) < 4.78 is 36.9. The van der Waals surface area contributed by atoms with E-state index in [4.69, 9.17) is 18.6 Å². The van der Waals surface area contributed by atoms with Crippen LogP contribution in [0.1, 0.15) is 48.0 Å². The third-order valence-electron chi connectivity index (χ3n) is 6.66. The summed E-state index contributed by atoms with van der Waals surface area (Å²) in [7, 11) is 1.53. The number of carbonyl (C=O) groups excluding carboxylic acids is 1. The van der Waals surface area contributed by atoms with E-state index in [1.165, 1.54) is 31.6 Å². The summed E-state index contributed by atoms with van der Waals surface area (Å²) in [5.41, 5.74) is 6.11. The highest BCUT2D eigenvalue weighted by Gasteiger charge is 2.28. The lowest BCUT2D eigenvalue weighted by Gasteiger charge is -2.33. The van der Waals surface area contributed by atoms with Crippen molar-refractivity contribution < 1.29 is 27.8 Å². The Labute approximate surface area is 227 Å². The van der Waals surface area contributed by atoms with E-state index < -0.39 is 5.97 Å². The van der Waals surface area contributed by atoms with Gasteiger partial charge in [-0.25, -0.2) is 9.18 Å². The molecule has 5 rings (SSSR count). The molecule has 0 aliphatic carbocycles. The SMILES string of the molecule is COc1c(OC(=O)c2ccco2)cccc1-c1ccc2c(c1COc1cc(F)ccc1C)C(C)=CC(C)(C)N2. The van der Waals surface area contributed by atoms with E-state index in [1.54, 1.807) is 24.3 Å². The number of allylic oxidation sites excluding steroid dienone is 1. The van der Waals surface area contributed by atoms with Gasteiger partial charge in [0.2, 0.25) is 5.76 Å². The smallest absolute Gasteiger partial charge is 0.379 e. The van der Waals surface area contributed by atoms with Crippen molar-refractivity contribution in [2.24, 2.45) is 0 Å². The summed E-state index contributed by atoms with van der Waals surface area (Å²) in [6.45, 7) is 8.35. The number of methoxy groups -OCH3 is 1. The predicted octanol–water partition coefficient (Wildman–Crippen LogP) is 7.81. The summed E-state index contributed by atoms with van der Waals surface area (Å²) in [5, 5.41) is 3.58. The Balaban J connectivity index is 1.63. The average molecular weight is 528 g/mol. The van der Waals surface area contributed by atoms with Crippen LogP contribution in [0.15, 0.2) is 77.4 Å². The molecule has 3 aromatic carbocycles. The van der Waals surface area contributed by atoms with E-state index in [9.17, 15) is 9.18 Å². The van der Waals surface area contributed by atoms with Crippen molar-refractivity contribution in [3.8, 4) is 28.4 Å². The van der Waals surface area contributed by atoms with Crippen LogP contribution in [0.25, 0.3) is 16.7 Å². The maximum atomic E-state index is 14.0. The van der Waals surface area contributed by atoms with Crippen LogP contribution >= 0.6 is 0 Å². The summed E-state index contributed by atoms with van der Waals surface area (Å²) in [6, 6.07) is 17.1. The van der Waals surface area contributed by atoms with Crippen molar-refractivity contribution in [1.29, 1.82) is 0 Å². The monoisotopic (exact) mass is 527 g/mol. The third-order valence-corrected chi connectivity index (χ3v) is 6.66. The van der Waals surface area contributed by atoms with Crippen LogP contribution in [0.4, 0.5) is 10.1 Å². The van der Waals surface area contributed by atoms with Gasteiger partial charge in [-0.15, -0.1) is 0 Å². The van der Waals surface area contributed by atoms with E-state index in [-0.39, 0.29) is 29.5 Å². The molecule has 200 valence electrons. The zero-order chi connectivity index (χ0) is 27.7. The minimum atomic E-state index is -0.628. The normalized spacial score (nSPS) is 13.6. The summed E-state index contributed by atoms with van der Waals surface area (Å²) in [5.74, 6) is 0.219. The number of anilines is 1. The first-order valence-corrected chi connectivity index (χ1v) is 12.6. The number of aryl methyl sites for hydroxylation is 1. The number of fused-ring (bicyclic) bond motifs is 1. The van der Waals surface area contributed by atoms with Gasteiger partial charge >= 0.3 is 5.97 Å². The van der Waals surface area contributed by atoms with Gasteiger partial charge in [-0.3, -0.25) is 0 Å². The van der Waals surface area contributed by atoms with Crippen molar-refractivity contribution in [1.82, 2.24) is 0 Å². The number of benzene rings is 3. The molecule has 7 heteroatoms. The van der Waals surface area contributed by atoms with E-state index >= 15 is 0 Å². The molecular formula is C32H30FNO5. The van der Waals surface area contributed by atoms with Gasteiger partial charge < -0.3 is 23.9 Å². The topological polar surface area (TPSA) is 69.9 Å². The molecule has 0 bridgehead atoms. The van der Waals surface area contributed by atoms with Gasteiger partial charge in [0.15, 0.2) is 11.5 Å². The van der Waals surface area contributed by atoms with E-state index in [2.05, 4.69) is 32.2 Å². The molecular weight excluding hydrogens is 497 g/mol. The molecule has 0 atom stereocenters. The minimum Gasteiger partial charge on any atom is -0.492 e. The Morgan fingerprint density at radius 3 is 2.56 bits per heavy atom. The molecule has 0 saturated carbocycles. The van der Waals surface area contributed by atoms with Gasteiger partial charge in [0.1, 0.15) is 18.2 Å². The van der Waals surface area contributed by atoms with Crippen molar-refractivity contribution in [2.75, 3.05) is 12.4 Å². The lowest BCUT2D eigenvalue weighted by atomic mass is 9.85. The van der Waals surface area contributed by atoms with Crippen LogP contribution in [-0.4, -0.2) is 18.6 Å². The molecule has 6 nitrogen and oxygen atoms in total. The van der Waals surface area contributed by atoms with E-state index in [1.807, 2.05) is 25.1 Å². The molecule has 1 aromatic heterocycles. The molecule has 1 aliphatic heterocycles. The van der Waals surface area contributed by atoms with E-state index in [0.717, 1.165) is 39.1 Å². The summed E-state index contributed by atoms with van der Waals surface area (Å²) >= 11 is 0. The first kappa shape index (κ1) is 26.1. The molecule has 0 spiro atoms. The highest BCUT2D eigenvalue weighted by molar-refractivity contribution is 5.91. The molecule has 1 N–H and O–H groups in total. The van der Waals surface area contributed by atoms with Crippen LogP contribution < -0.4 is 19.5 Å². The van der Waals surface area contributed by atoms with Crippen molar-refractivity contribution >= 4 is 17.2 Å². The number of nitrogens with one attached hydrogen (secondary N) is 1.